The number of nitriles is 1. The molecule has 6 nitrogen and oxygen atoms in total. The van der Waals surface area contributed by atoms with Gasteiger partial charge in [-0.15, -0.1) is 0 Å². The van der Waals surface area contributed by atoms with E-state index < -0.39 is 0 Å². The summed E-state index contributed by atoms with van der Waals surface area (Å²) in [5.41, 5.74) is 5.37. The van der Waals surface area contributed by atoms with Crippen LogP contribution in [0.5, 0.6) is 0 Å². The minimum atomic E-state index is 0.129. The molecular weight excluding hydrogens is 527 g/mol. The second-order valence-corrected chi connectivity index (χ2v) is 10.9. The van der Waals surface area contributed by atoms with Crippen LogP contribution in [-0.4, -0.2) is 59.1 Å². The van der Waals surface area contributed by atoms with Gasteiger partial charge in [-0.1, -0.05) is 47.5 Å². The van der Waals surface area contributed by atoms with Crippen LogP contribution in [-0.2, 0) is 13.1 Å². The predicted molar refractivity (Wildman–Crippen MR) is 158 cm³/mol. The molecule has 0 saturated carbocycles. The minimum Gasteiger partial charge on any atom is -0.373 e. The second-order valence-electron chi connectivity index (χ2n) is 9.99. The largest absolute Gasteiger partial charge is 0.373 e. The van der Waals surface area contributed by atoms with E-state index in [9.17, 15) is 5.26 Å². The van der Waals surface area contributed by atoms with E-state index in [4.69, 9.17) is 23.2 Å². The molecule has 1 saturated heterocycles. The molecule has 0 bridgehead atoms. The standard InChI is InChI=1S/C31H32Cl2N6/c1-36(14-15-38-13-12-35-23-38)30-11-6-26(21-34)27(20-30)22-37-16-18-39(19-17-37)31(24-2-7-28(32)8-3-24)25-4-9-29(33)10-5-25/h2-13,20,23,31H,14-19,22H2,1H3. The highest BCUT2D eigenvalue weighted by atomic mass is 35.5. The van der Waals surface area contributed by atoms with Gasteiger partial charge in [0.25, 0.3) is 0 Å². The van der Waals surface area contributed by atoms with Crippen molar-refractivity contribution >= 4 is 28.9 Å². The molecular formula is C31H32Cl2N6. The van der Waals surface area contributed by atoms with Crippen molar-refractivity contribution in [3.8, 4) is 6.07 Å². The quantitative estimate of drug-likeness (QED) is 0.248. The summed E-state index contributed by atoms with van der Waals surface area (Å²) in [6.45, 7) is 6.15. The molecule has 3 aromatic carbocycles. The number of halogens is 2. The Morgan fingerprint density at radius 2 is 1.56 bits per heavy atom. The summed E-state index contributed by atoms with van der Waals surface area (Å²) in [5.74, 6) is 0. The zero-order valence-electron chi connectivity index (χ0n) is 22.0. The first kappa shape index (κ1) is 27.2. The van der Waals surface area contributed by atoms with Crippen LogP contribution >= 0.6 is 23.2 Å². The molecule has 0 N–H and O–H groups in total. The van der Waals surface area contributed by atoms with Crippen molar-refractivity contribution in [2.45, 2.75) is 19.1 Å². The normalized spacial score (nSPS) is 14.4. The van der Waals surface area contributed by atoms with Crippen LogP contribution in [0.1, 0.15) is 28.3 Å². The number of anilines is 1. The molecule has 0 aliphatic carbocycles. The zero-order valence-corrected chi connectivity index (χ0v) is 23.6. The third kappa shape index (κ3) is 6.81. The fraction of sp³-hybridized carbons (Fsp3) is 0.290. The van der Waals surface area contributed by atoms with Crippen molar-refractivity contribution in [3.63, 3.8) is 0 Å². The Morgan fingerprint density at radius 3 is 2.13 bits per heavy atom. The Hall–Kier alpha value is -3.34. The van der Waals surface area contributed by atoms with Crippen LogP contribution in [0, 0.1) is 11.3 Å². The van der Waals surface area contributed by atoms with Crippen LogP contribution in [0.3, 0.4) is 0 Å². The lowest BCUT2D eigenvalue weighted by Crippen LogP contribution is -2.47. The SMILES string of the molecule is CN(CCn1ccnc1)c1ccc(C#N)c(CN2CCN(C(c3ccc(Cl)cc3)c3ccc(Cl)cc3)CC2)c1. The van der Waals surface area contributed by atoms with E-state index >= 15 is 0 Å². The number of likely N-dealkylation sites (N-methyl/N-ethyl adjacent to an activating group) is 1. The molecule has 0 radical (unpaired) electrons. The third-order valence-corrected chi connectivity index (χ3v) is 7.94. The van der Waals surface area contributed by atoms with Crippen molar-refractivity contribution in [2.24, 2.45) is 0 Å². The van der Waals surface area contributed by atoms with Crippen molar-refractivity contribution in [1.29, 1.82) is 5.26 Å². The molecule has 5 rings (SSSR count). The molecule has 0 spiro atoms. The first-order chi connectivity index (χ1) is 19.0. The number of aromatic nitrogens is 2. The highest BCUT2D eigenvalue weighted by Crippen LogP contribution is 2.31. The molecule has 1 aliphatic heterocycles. The van der Waals surface area contributed by atoms with Gasteiger partial charge in [-0.3, -0.25) is 9.80 Å². The van der Waals surface area contributed by atoms with E-state index in [0.29, 0.717) is 0 Å². The molecule has 2 heterocycles. The van der Waals surface area contributed by atoms with E-state index in [2.05, 4.69) is 67.7 Å². The maximum atomic E-state index is 9.79. The Balaban J connectivity index is 1.27. The van der Waals surface area contributed by atoms with Crippen LogP contribution in [0.4, 0.5) is 5.69 Å². The number of hydrogen-bond acceptors (Lipinski definition) is 5. The predicted octanol–water partition coefficient (Wildman–Crippen LogP) is 6.11. The first-order valence-corrected chi connectivity index (χ1v) is 13.9. The Labute approximate surface area is 240 Å². The van der Waals surface area contributed by atoms with E-state index in [0.717, 1.165) is 72.7 Å². The van der Waals surface area contributed by atoms with E-state index in [1.54, 1.807) is 6.20 Å². The van der Waals surface area contributed by atoms with Crippen molar-refractivity contribution in [3.05, 3.63) is 118 Å². The summed E-state index contributed by atoms with van der Waals surface area (Å²) in [6.07, 6.45) is 5.61. The maximum absolute atomic E-state index is 9.79. The zero-order chi connectivity index (χ0) is 27.2. The molecule has 1 aliphatic rings. The topological polar surface area (TPSA) is 51.3 Å². The van der Waals surface area contributed by atoms with E-state index in [1.807, 2.05) is 48.9 Å². The van der Waals surface area contributed by atoms with Gasteiger partial charge in [0.15, 0.2) is 0 Å². The smallest absolute Gasteiger partial charge is 0.0995 e. The van der Waals surface area contributed by atoms with Gasteiger partial charge >= 0.3 is 0 Å². The molecule has 39 heavy (non-hydrogen) atoms. The van der Waals surface area contributed by atoms with Gasteiger partial charge in [-0.05, 0) is 59.2 Å². The molecule has 0 atom stereocenters. The average molecular weight is 560 g/mol. The molecule has 8 heteroatoms. The number of piperazine rings is 1. The molecule has 0 unspecified atom stereocenters. The summed E-state index contributed by atoms with van der Waals surface area (Å²) in [6, 6.07) is 25.0. The second kappa shape index (κ2) is 12.7. The third-order valence-electron chi connectivity index (χ3n) is 7.44. The lowest BCUT2D eigenvalue weighted by molar-refractivity contribution is 0.105. The number of hydrogen-bond donors (Lipinski definition) is 0. The number of nitrogens with zero attached hydrogens (tertiary/aromatic N) is 6. The van der Waals surface area contributed by atoms with Crippen LogP contribution < -0.4 is 4.90 Å². The summed E-state index contributed by atoms with van der Waals surface area (Å²) in [4.78, 5) is 11.3. The summed E-state index contributed by atoms with van der Waals surface area (Å²) in [5, 5.41) is 11.3. The van der Waals surface area contributed by atoms with Gasteiger partial charge in [0.05, 0.1) is 24.0 Å². The van der Waals surface area contributed by atoms with E-state index in [1.165, 1.54) is 11.1 Å². The first-order valence-electron chi connectivity index (χ1n) is 13.2. The van der Waals surface area contributed by atoms with Gasteiger partial charge in [0, 0.05) is 81.0 Å². The van der Waals surface area contributed by atoms with Gasteiger partial charge in [0.2, 0.25) is 0 Å². The van der Waals surface area contributed by atoms with Crippen LogP contribution in [0.2, 0.25) is 10.0 Å². The summed E-state index contributed by atoms with van der Waals surface area (Å²) >= 11 is 12.4. The Kier molecular flexibility index (Phi) is 8.85. The lowest BCUT2D eigenvalue weighted by atomic mass is 9.96. The summed E-state index contributed by atoms with van der Waals surface area (Å²) < 4.78 is 2.07. The molecule has 4 aromatic rings. The number of rotatable bonds is 9. The monoisotopic (exact) mass is 558 g/mol. The minimum absolute atomic E-state index is 0.129. The highest BCUT2D eigenvalue weighted by molar-refractivity contribution is 6.30. The fourth-order valence-corrected chi connectivity index (χ4v) is 5.45. The van der Waals surface area contributed by atoms with Gasteiger partial charge in [0.1, 0.15) is 0 Å². The fourth-order valence-electron chi connectivity index (χ4n) is 5.20. The van der Waals surface area contributed by atoms with Crippen LogP contribution in [0.15, 0.2) is 85.5 Å². The van der Waals surface area contributed by atoms with Gasteiger partial charge in [-0.25, -0.2) is 4.98 Å². The maximum Gasteiger partial charge on any atom is 0.0995 e. The number of benzene rings is 3. The Bertz CT molecular complexity index is 1340. The Morgan fingerprint density at radius 1 is 0.923 bits per heavy atom. The molecule has 200 valence electrons. The van der Waals surface area contributed by atoms with Crippen molar-refractivity contribution < 1.29 is 0 Å². The van der Waals surface area contributed by atoms with E-state index in [-0.39, 0.29) is 6.04 Å². The molecule has 1 fully saturated rings. The molecule has 0 amide bonds. The average Bonchev–Trinajstić information content (AvgIpc) is 3.49. The number of imidazole rings is 1. The van der Waals surface area contributed by atoms with Crippen LogP contribution in [0.25, 0.3) is 0 Å². The summed E-state index contributed by atoms with van der Waals surface area (Å²) in [7, 11) is 2.09. The molecule has 1 aromatic heterocycles. The van der Waals surface area contributed by atoms with Gasteiger partial charge < -0.3 is 9.47 Å². The highest BCUT2D eigenvalue weighted by Gasteiger charge is 2.27. The lowest BCUT2D eigenvalue weighted by Gasteiger charge is -2.40. The van der Waals surface area contributed by atoms with Crippen molar-refractivity contribution in [2.75, 3.05) is 44.7 Å². The van der Waals surface area contributed by atoms with Crippen molar-refractivity contribution in [1.82, 2.24) is 19.4 Å². The van der Waals surface area contributed by atoms with Gasteiger partial charge in [-0.2, -0.15) is 5.26 Å².